The minimum absolute atomic E-state index is 0.590. The van der Waals surface area contributed by atoms with Crippen LogP contribution in [0, 0.1) is 27.7 Å². The van der Waals surface area contributed by atoms with E-state index in [0.29, 0.717) is 23.7 Å². The fourth-order valence-electron chi connectivity index (χ4n) is 9.41. The van der Waals surface area contributed by atoms with Crippen molar-refractivity contribution in [3.8, 4) is 0 Å². The van der Waals surface area contributed by atoms with Gasteiger partial charge in [-0.3, -0.25) is 0 Å². The van der Waals surface area contributed by atoms with Gasteiger partial charge in [0.1, 0.15) is 0 Å². The van der Waals surface area contributed by atoms with E-state index in [1.54, 1.807) is 22.3 Å². The zero-order chi connectivity index (χ0) is 33.7. The molecule has 4 aromatic carbocycles. The molecule has 4 aliphatic rings. The molecule has 8 rings (SSSR count). The van der Waals surface area contributed by atoms with Gasteiger partial charge in [-0.15, -0.1) is 0 Å². The Balaban J connectivity index is 0.000000154. The molecule has 0 radical (unpaired) electrons. The van der Waals surface area contributed by atoms with Crippen LogP contribution in [0.5, 0.6) is 0 Å². The monoisotopic (exact) mass is 628 g/mol. The van der Waals surface area contributed by atoms with Crippen LogP contribution < -0.4 is 0 Å². The van der Waals surface area contributed by atoms with Crippen molar-refractivity contribution in [2.24, 2.45) is 0 Å². The van der Waals surface area contributed by atoms with E-state index in [9.17, 15) is 0 Å². The largest absolute Gasteiger partial charge is 0.0652 e. The van der Waals surface area contributed by atoms with Crippen molar-refractivity contribution < 1.29 is 0 Å². The highest BCUT2D eigenvalue weighted by molar-refractivity contribution is 5.72. The van der Waals surface area contributed by atoms with Crippen LogP contribution in [-0.2, 0) is 0 Å². The number of fused-ring (bicyclic) bond motifs is 4. The molecular weight excluding hydrogens is 577 g/mol. The molecule has 4 unspecified atom stereocenters. The molecular formula is C48H52. The van der Waals surface area contributed by atoms with Crippen LogP contribution in [0.2, 0.25) is 0 Å². The molecule has 0 bridgehead atoms. The highest BCUT2D eigenvalue weighted by Crippen LogP contribution is 2.48. The average Bonchev–Trinajstić information content (AvgIpc) is 3.79. The van der Waals surface area contributed by atoms with E-state index >= 15 is 0 Å². The van der Waals surface area contributed by atoms with Gasteiger partial charge in [0.15, 0.2) is 0 Å². The summed E-state index contributed by atoms with van der Waals surface area (Å²) in [5.74, 6) is 2.40. The maximum Gasteiger partial charge on any atom is 0.00577 e. The molecule has 4 aromatic rings. The Morgan fingerprint density at radius 3 is 1.10 bits per heavy atom. The Labute approximate surface area is 290 Å². The summed E-state index contributed by atoms with van der Waals surface area (Å²) in [5, 5.41) is 0. The molecule has 0 aromatic heterocycles. The van der Waals surface area contributed by atoms with Crippen LogP contribution in [0.4, 0.5) is 0 Å². The molecule has 48 heavy (non-hydrogen) atoms. The summed E-state index contributed by atoms with van der Waals surface area (Å²) < 4.78 is 0. The second-order valence-corrected chi connectivity index (χ2v) is 15.2. The summed E-state index contributed by atoms with van der Waals surface area (Å²) in [7, 11) is 0. The molecule has 0 saturated heterocycles. The van der Waals surface area contributed by atoms with Gasteiger partial charge in [-0.25, -0.2) is 0 Å². The van der Waals surface area contributed by atoms with E-state index in [2.05, 4.69) is 152 Å². The predicted octanol–water partition coefficient (Wildman–Crippen LogP) is 13.6. The van der Waals surface area contributed by atoms with Gasteiger partial charge in [-0.05, 0) is 148 Å². The number of allylic oxidation sites excluding steroid dienone is 4. The Morgan fingerprint density at radius 2 is 0.688 bits per heavy atom. The molecule has 0 heteroatoms. The third-order valence-electron chi connectivity index (χ3n) is 12.1. The van der Waals surface area contributed by atoms with Crippen molar-refractivity contribution >= 4 is 24.3 Å². The maximum absolute atomic E-state index is 2.43. The van der Waals surface area contributed by atoms with E-state index in [4.69, 9.17) is 0 Å². The van der Waals surface area contributed by atoms with Crippen LogP contribution in [0.1, 0.15) is 144 Å². The Hall–Kier alpha value is -4.16. The van der Waals surface area contributed by atoms with Crippen LogP contribution in [0.25, 0.3) is 24.3 Å². The third-order valence-corrected chi connectivity index (χ3v) is 12.1. The smallest absolute Gasteiger partial charge is 0.00577 e. The van der Waals surface area contributed by atoms with Crippen molar-refractivity contribution in [2.75, 3.05) is 0 Å². The molecule has 0 aliphatic heterocycles. The lowest BCUT2D eigenvalue weighted by Gasteiger charge is -2.22. The van der Waals surface area contributed by atoms with Crippen molar-refractivity contribution in [3.63, 3.8) is 0 Å². The van der Waals surface area contributed by atoms with Gasteiger partial charge < -0.3 is 0 Å². The van der Waals surface area contributed by atoms with Gasteiger partial charge >= 0.3 is 0 Å². The summed E-state index contributed by atoms with van der Waals surface area (Å²) in [6, 6.07) is 26.9. The fraction of sp³-hybridized carbons (Fsp3) is 0.333. The summed E-state index contributed by atoms with van der Waals surface area (Å²) in [4.78, 5) is 0. The normalized spacial score (nSPS) is 21.3. The Bertz CT molecular complexity index is 1870. The van der Waals surface area contributed by atoms with E-state index in [1.807, 2.05) is 0 Å². The van der Waals surface area contributed by atoms with Crippen LogP contribution in [-0.4, -0.2) is 0 Å². The molecule has 4 atom stereocenters. The molecule has 244 valence electrons. The molecule has 4 aliphatic carbocycles. The zero-order valence-electron chi connectivity index (χ0n) is 30.4. The van der Waals surface area contributed by atoms with Crippen molar-refractivity contribution in [2.45, 2.75) is 105 Å². The first kappa shape index (κ1) is 32.4. The molecule has 0 saturated carbocycles. The number of hydrogen-bond acceptors (Lipinski definition) is 0. The van der Waals surface area contributed by atoms with Crippen LogP contribution >= 0.6 is 0 Å². The third kappa shape index (κ3) is 5.78. The molecule has 0 amide bonds. The fourth-order valence-corrected chi connectivity index (χ4v) is 9.41. The second kappa shape index (κ2) is 13.0. The standard InChI is InChI=1S/C26H30.C22H22/c1-15-7-9-17(3)25-21(19(5)13-23(15)25)11-12-22-20(6)14-24-16(2)8-10-18(4)26(22)24;1-15-13-17-7-3-5-9-21(17)19(15)11-12-20-16(2)14-18-8-4-6-10-22(18)20/h7-10,13-14,21-22H,11-12H2,1-6H3;3-10,13-14,19-20H,11-12H2,1-2H3. The minimum atomic E-state index is 0.590. The lowest BCUT2D eigenvalue weighted by molar-refractivity contribution is 0.608. The van der Waals surface area contributed by atoms with Crippen LogP contribution in [0.3, 0.4) is 0 Å². The van der Waals surface area contributed by atoms with E-state index < -0.39 is 0 Å². The second-order valence-electron chi connectivity index (χ2n) is 15.2. The average molecular weight is 629 g/mol. The minimum Gasteiger partial charge on any atom is -0.0652 e. The van der Waals surface area contributed by atoms with E-state index in [0.717, 1.165) is 0 Å². The first-order valence-electron chi connectivity index (χ1n) is 18.2. The Morgan fingerprint density at radius 1 is 0.354 bits per heavy atom. The summed E-state index contributed by atoms with van der Waals surface area (Å²) in [5.41, 5.74) is 23.9. The van der Waals surface area contributed by atoms with Gasteiger partial charge in [-0.2, -0.15) is 0 Å². The highest BCUT2D eigenvalue weighted by Gasteiger charge is 2.30. The first-order valence-corrected chi connectivity index (χ1v) is 18.2. The van der Waals surface area contributed by atoms with Crippen LogP contribution in [0.15, 0.2) is 95.1 Å². The highest BCUT2D eigenvalue weighted by atomic mass is 14.3. The lowest BCUT2D eigenvalue weighted by atomic mass is 9.82. The van der Waals surface area contributed by atoms with Gasteiger partial charge in [0, 0.05) is 23.7 Å². The number of hydrogen-bond donors (Lipinski definition) is 0. The molecule has 0 heterocycles. The number of benzene rings is 4. The number of rotatable bonds is 6. The SMILES string of the molecule is CC1=Cc2c(C)ccc(C)c2C1CCC1C(C)=Cc2c(C)ccc(C)c21.CC1=Cc2ccccc2C1CCC1C(C)=Cc2ccccc21. The summed E-state index contributed by atoms with van der Waals surface area (Å²) in [6.07, 6.45) is 14.6. The quantitative estimate of drug-likeness (QED) is 0.199. The molecule has 0 fully saturated rings. The summed E-state index contributed by atoms with van der Waals surface area (Å²) >= 11 is 0. The van der Waals surface area contributed by atoms with Gasteiger partial charge in [0.2, 0.25) is 0 Å². The summed E-state index contributed by atoms with van der Waals surface area (Å²) in [6.45, 7) is 18.3. The first-order chi connectivity index (χ1) is 23.1. The van der Waals surface area contributed by atoms with Crippen molar-refractivity contribution in [1.82, 2.24) is 0 Å². The predicted molar refractivity (Wildman–Crippen MR) is 209 cm³/mol. The van der Waals surface area contributed by atoms with E-state index in [1.165, 1.54) is 92.5 Å². The molecule has 0 spiro atoms. The van der Waals surface area contributed by atoms with Crippen molar-refractivity contribution in [3.05, 3.63) is 162 Å². The lowest BCUT2D eigenvalue weighted by Crippen LogP contribution is -2.06. The molecule has 0 nitrogen and oxygen atoms in total. The van der Waals surface area contributed by atoms with Gasteiger partial charge in [-0.1, -0.05) is 119 Å². The van der Waals surface area contributed by atoms with Gasteiger partial charge in [0.25, 0.3) is 0 Å². The van der Waals surface area contributed by atoms with E-state index in [-0.39, 0.29) is 0 Å². The topological polar surface area (TPSA) is 0 Å². The van der Waals surface area contributed by atoms with Gasteiger partial charge in [0.05, 0.1) is 0 Å². The van der Waals surface area contributed by atoms with Crippen molar-refractivity contribution in [1.29, 1.82) is 0 Å². The maximum atomic E-state index is 2.43. The molecule has 0 N–H and O–H groups in total. The zero-order valence-corrected chi connectivity index (χ0v) is 30.4. The number of aryl methyl sites for hydroxylation is 4. The Kier molecular flexibility index (Phi) is 8.80.